The Morgan fingerprint density at radius 1 is 1.03 bits per heavy atom. The molecule has 170 valence electrons. The van der Waals surface area contributed by atoms with Crippen LogP contribution in [-0.4, -0.2) is 29.4 Å². The molecule has 3 aromatic rings. The SMILES string of the molecule is O=C(COc1ccc(Br)cc1/C=C1/C(=O)NC(=S)N(c2ccccc2)C1=O)Nc1ccccc1. The second-order valence-corrected chi connectivity index (χ2v) is 8.48. The zero-order valence-electron chi connectivity index (χ0n) is 17.7. The van der Waals surface area contributed by atoms with E-state index in [0.29, 0.717) is 27.2 Å². The first-order chi connectivity index (χ1) is 16.4. The lowest BCUT2D eigenvalue weighted by Gasteiger charge is -2.29. The van der Waals surface area contributed by atoms with E-state index in [9.17, 15) is 14.4 Å². The van der Waals surface area contributed by atoms with Gasteiger partial charge in [0.25, 0.3) is 17.7 Å². The monoisotopic (exact) mass is 535 g/mol. The van der Waals surface area contributed by atoms with Crippen LogP contribution < -0.4 is 20.3 Å². The zero-order chi connectivity index (χ0) is 24.1. The fraction of sp³-hybridized carbons (Fsp3) is 0.0400. The van der Waals surface area contributed by atoms with E-state index in [-0.39, 0.29) is 23.2 Å². The summed E-state index contributed by atoms with van der Waals surface area (Å²) in [5.41, 5.74) is 1.51. The Bertz CT molecular complexity index is 1300. The van der Waals surface area contributed by atoms with Gasteiger partial charge in [-0.3, -0.25) is 24.6 Å². The van der Waals surface area contributed by atoms with Crippen molar-refractivity contribution in [3.63, 3.8) is 0 Å². The van der Waals surface area contributed by atoms with E-state index in [2.05, 4.69) is 26.6 Å². The highest BCUT2D eigenvalue weighted by Crippen LogP contribution is 2.28. The van der Waals surface area contributed by atoms with Gasteiger partial charge in [-0.2, -0.15) is 0 Å². The number of benzene rings is 3. The minimum absolute atomic E-state index is 0.00153. The van der Waals surface area contributed by atoms with Gasteiger partial charge in [0.1, 0.15) is 11.3 Å². The third kappa shape index (κ3) is 5.38. The molecule has 1 aliphatic heterocycles. The molecule has 3 aromatic carbocycles. The molecule has 1 saturated heterocycles. The molecular weight excluding hydrogens is 518 g/mol. The van der Waals surface area contributed by atoms with E-state index >= 15 is 0 Å². The molecule has 0 spiro atoms. The van der Waals surface area contributed by atoms with Crippen molar-refractivity contribution in [1.82, 2.24) is 5.32 Å². The molecule has 4 rings (SSSR count). The van der Waals surface area contributed by atoms with Gasteiger partial charge in [0.05, 0.1) is 5.69 Å². The summed E-state index contributed by atoms with van der Waals surface area (Å²) in [6, 6.07) is 22.9. The third-order valence-electron chi connectivity index (χ3n) is 4.80. The van der Waals surface area contributed by atoms with Crippen LogP contribution in [0.25, 0.3) is 6.08 Å². The predicted molar refractivity (Wildman–Crippen MR) is 137 cm³/mol. The van der Waals surface area contributed by atoms with Gasteiger partial charge in [0, 0.05) is 15.7 Å². The second kappa shape index (κ2) is 10.4. The number of nitrogens with one attached hydrogen (secondary N) is 2. The van der Waals surface area contributed by atoms with Crippen molar-refractivity contribution in [2.24, 2.45) is 0 Å². The molecule has 0 bridgehead atoms. The van der Waals surface area contributed by atoms with Gasteiger partial charge in [-0.05, 0) is 60.8 Å². The van der Waals surface area contributed by atoms with Crippen LogP contribution in [0, 0.1) is 0 Å². The van der Waals surface area contributed by atoms with Crippen LogP contribution in [0.2, 0.25) is 0 Å². The minimum Gasteiger partial charge on any atom is -0.483 e. The van der Waals surface area contributed by atoms with E-state index in [1.165, 1.54) is 11.0 Å². The van der Waals surface area contributed by atoms with Gasteiger partial charge in [0.2, 0.25) is 0 Å². The summed E-state index contributed by atoms with van der Waals surface area (Å²) in [6.07, 6.45) is 1.42. The highest BCUT2D eigenvalue weighted by atomic mass is 79.9. The summed E-state index contributed by atoms with van der Waals surface area (Å²) in [7, 11) is 0. The average Bonchev–Trinajstić information content (AvgIpc) is 2.82. The number of ether oxygens (including phenoxy) is 1. The van der Waals surface area contributed by atoms with Crippen LogP contribution in [0.3, 0.4) is 0 Å². The molecule has 2 N–H and O–H groups in total. The van der Waals surface area contributed by atoms with Crippen molar-refractivity contribution in [1.29, 1.82) is 0 Å². The molecule has 34 heavy (non-hydrogen) atoms. The van der Waals surface area contributed by atoms with E-state index in [0.717, 1.165) is 0 Å². The lowest BCUT2D eigenvalue weighted by Crippen LogP contribution is -2.54. The summed E-state index contributed by atoms with van der Waals surface area (Å²) >= 11 is 8.61. The van der Waals surface area contributed by atoms with Crippen LogP contribution in [0.1, 0.15) is 5.56 Å². The topological polar surface area (TPSA) is 87.7 Å². The Balaban J connectivity index is 1.58. The molecule has 9 heteroatoms. The van der Waals surface area contributed by atoms with Gasteiger partial charge in [0.15, 0.2) is 11.7 Å². The highest BCUT2D eigenvalue weighted by molar-refractivity contribution is 9.10. The number of carbonyl (C=O) groups excluding carboxylic acids is 3. The second-order valence-electron chi connectivity index (χ2n) is 7.18. The number of carbonyl (C=O) groups is 3. The van der Waals surface area contributed by atoms with Crippen LogP contribution in [0.5, 0.6) is 5.75 Å². The molecule has 0 atom stereocenters. The first kappa shape index (κ1) is 23.3. The summed E-state index contributed by atoms with van der Waals surface area (Å²) < 4.78 is 6.42. The van der Waals surface area contributed by atoms with E-state index in [4.69, 9.17) is 17.0 Å². The Kier molecular flexibility index (Phi) is 7.15. The van der Waals surface area contributed by atoms with Crippen molar-refractivity contribution in [3.05, 3.63) is 94.5 Å². The number of halogens is 1. The number of nitrogens with zero attached hydrogens (tertiary/aromatic N) is 1. The molecule has 1 aliphatic rings. The Hall–Kier alpha value is -3.82. The van der Waals surface area contributed by atoms with E-state index in [1.54, 1.807) is 54.6 Å². The lowest BCUT2D eigenvalue weighted by atomic mass is 10.1. The highest BCUT2D eigenvalue weighted by Gasteiger charge is 2.34. The van der Waals surface area contributed by atoms with Crippen molar-refractivity contribution in [2.75, 3.05) is 16.8 Å². The average molecular weight is 536 g/mol. The maximum Gasteiger partial charge on any atom is 0.270 e. The third-order valence-corrected chi connectivity index (χ3v) is 5.58. The summed E-state index contributed by atoms with van der Waals surface area (Å²) in [5.74, 6) is -1.19. The standard InChI is InChI=1S/C25H18BrN3O4S/c26-17-11-12-21(33-15-22(30)27-18-7-3-1-4-8-18)16(13-17)14-20-23(31)28-25(34)29(24(20)32)19-9-5-2-6-10-19/h1-14H,15H2,(H,27,30)(H,28,31,34)/b20-14-. The van der Waals surface area contributed by atoms with Gasteiger partial charge in [-0.1, -0.05) is 52.3 Å². The van der Waals surface area contributed by atoms with Gasteiger partial charge in [-0.15, -0.1) is 0 Å². The Morgan fingerprint density at radius 2 is 1.71 bits per heavy atom. The van der Waals surface area contributed by atoms with Crippen LogP contribution in [0.15, 0.2) is 88.9 Å². The molecule has 0 aliphatic carbocycles. The lowest BCUT2D eigenvalue weighted by molar-refractivity contribution is -0.122. The predicted octanol–water partition coefficient (Wildman–Crippen LogP) is 4.30. The number of amides is 3. The quantitative estimate of drug-likeness (QED) is 0.279. The van der Waals surface area contributed by atoms with Crippen molar-refractivity contribution < 1.29 is 19.1 Å². The summed E-state index contributed by atoms with van der Waals surface area (Å²) in [5, 5.41) is 5.29. The molecule has 7 nitrogen and oxygen atoms in total. The first-order valence-electron chi connectivity index (χ1n) is 10.2. The van der Waals surface area contributed by atoms with Crippen LogP contribution in [-0.2, 0) is 14.4 Å². The van der Waals surface area contributed by atoms with Crippen LogP contribution >= 0.6 is 28.1 Å². The zero-order valence-corrected chi connectivity index (χ0v) is 20.1. The smallest absolute Gasteiger partial charge is 0.270 e. The summed E-state index contributed by atoms with van der Waals surface area (Å²) in [4.78, 5) is 39.4. The van der Waals surface area contributed by atoms with Gasteiger partial charge >= 0.3 is 0 Å². The Morgan fingerprint density at radius 3 is 2.41 bits per heavy atom. The molecule has 1 heterocycles. The number of hydrogen-bond donors (Lipinski definition) is 2. The summed E-state index contributed by atoms with van der Waals surface area (Å²) in [6.45, 7) is -0.257. The van der Waals surface area contributed by atoms with Gasteiger partial charge in [-0.25, -0.2) is 0 Å². The number of para-hydroxylation sites is 2. The first-order valence-corrected chi connectivity index (χ1v) is 11.4. The largest absolute Gasteiger partial charge is 0.483 e. The van der Waals surface area contributed by atoms with E-state index < -0.39 is 11.8 Å². The maximum atomic E-state index is 13.2. The van der Waals surface area contributed by atoms with Crippen molar-refractivity contribution in [2.45, 2.75) is 0 Å². The molecule has 0 aromatic heterocycles. The molecule has 0 unspecified atom stereocenters. The molecule has 0 radical (unpaired) electrons. The van der Waals surface area contributed by atoms with E-state index in [1.807, 2.05) is 24.3 Å². The van der Waals surface area contributed by atoms with Crippen molar-refractivity contribution >= 4 is 68.4 Å². The molecule has 3 amide bonds. The molecule has 0 saturated carbocycles. The van der Waals surface area contributed by atoms with Crippen LogP contribution in [0.4, 0.5) is 11.4 Å². The fourth-order valence-electron chi connectivity index (χ4n) is 3.25. The van der Waals surface area contributed by atoms with Gasteiger partial charge < -0.3 is 10.1 Å². The minimum atomic E-state index is -0.616. The Labute approximate surface area is 209 Å². The molecular formula is C25H18BrN3O4S. The number of hydrogen-bond acceptors (Lipinski definition) is 5. The number of anilines is 2. The van der Waals surface area contributed by atoms with Crippen molar-refractivity contribution in [3.8, 4) is 5.75 Å². The normalized spacial score (nSPS) is 14.7. The number of thiocarbonyl (C=S) groups is 1. The maximum absolute atomic E-state index is 13.2. The fourth-order valence-corrected chi connectivity index (χ4v) is 3.91. The molecule has 1 fully saturated rings. The number of rotatable bonds is 6.